The van der Waals surface area contributed by atoms with Crippen molar-refractivity contribution in [2.24, 2.45) is 10.3 Å². The molecule has 0 atom stereocenters. The highest BCUT2D eigenvalue weighted by molar-refractivity contribution is 4.91. The normalized spacial score (nSPS) is 10.9. The molecule has 0 unspecified atom stereocenters. The van der Waals surface area contributed by atoms with Crippen LogP contribution in [0.1, 0.15) is 13.8 Å². The Bertz CT molecular complexity index is 139. The molecule has 0 aliphatic carbocycles. The average molecular weight is 156 g/mol. The summed E-state index contributed by atoms with van der Waals surface area (Å²) in [6, 6.07) is 0.465. The summed E-state index contributed by atoms with van der Waals surface area (Å²) in [6.45, 7) is 8.61. The summed E-state index contributed by atoms with van der Waals surface area (Å²) >= 11 is 0. The van der Waals surface area contributed by atoms with Gasteiger partial charge in [0.2, 0.25) is 0 Å². The van der Waals surface area contributed by atoms with Crippen molar-refractivity contribution < 1.29 is 0 Å². The minimum Gasteiger partial charge on any atom is -0.309 e. The summed E-state index contributed by atoms with van der Waals surface area (Å²) in [7, 11) is 1.61. The van der Waals surface area contributed by atoms with Crippen molar-refractivity contribution in [2.75, 3.05) is 13.6 Å². The van der Waals surface area contributed by atoms with E-state index in [9.17, 15) is 0 Å². The van der Waals surface area contributed by atoms with Crippen molar-refractivity contribution in [3.05, 3.63) is 12.3 Å². The van der Waals surface area contributed by atoms with E-state index in [4.69, 9.17) is 0 Å². The Morgan fingerprint density at radius 2 is 2.18 bits per heavy atom. The zero-order valence-electron chi connectivity index (χ0n) is 7.39. The smallest absolute Gasteiger partial charge is 0.0509 e. The lowest BCUT2D eigenvalue weighted by Gasteiger charge is -2.08. The third-order valence-electron chi connectivity index (χ3n) is 1.03. The second-order valence-electron chi connectivity index (χ2n) is 2.55. The molecule has 11 heavy (non-hydrogen) atoms. The fourth-order valence-corrected chi connectivity index (χ4v) is 0.488. The van der Waals surface area contributed by atoms with Gasteiger partial charge >= 0.3 is 0 Å². The third kappa shape index (κ3) is 6.99. The maximum atomic E-state index is 3.74. The fourth-order valence-electron chi connectivity index (χ4n) is 0.488. The highest BCUT2D eigenvalue weighted by atomic mass is 15.4. The van der Waals surface area contributed by atoms with E-state index in [-0.39, 0.29) is 0 Å². The predicted molar refractivity (Wildman–Crippen MR) is 46.2 cm³/mol. The highest BCUT2D eigenvalue weighted by Crippen LogP contribution is 1.83. The van der Waals surface area contributed by atoms with E-state index in [0.29, 0.717) is 6.04 Å². The molecule has 0 fully saturated rings. The van der Waals surface area contributed by atoms with E-state index in [1.54, 1.807) is 7.05 Å². The van der Waals surface area contributed by atoms with Crippen LogP contribution in [0.5, 0.6) is 0 Å². The third-order valence-corrected chi connectivity index (χ3v) is 1.03. The number of nitrogens with zero attached hydrogens (tertiary/aromatic N) is 2. The standard InChI is InChI=1S/C7H16N4/c1-6(2)9-5-7(3)10-11-8-4/h6,9H,3,5H2,1-2,4H3,(H,8,10). The van der Waals surface area contributed by atoms with Crippen molar-refractivity contribution in [3.63, 3.8) is 0 Å². The Labute approximate surface area is 67.8 Å². The first-order valence-corrected chi connectivity index (χ1v) is 3.62. The number of hydrogen-bond acceptors (Lipinski definition) is 3. The molecule has 4 nitrogen and oxygen atoms in total. The predicted octanol–water partition coefficient (Wildman–Crippen LogP) is 1.08. The molecule has 2 N–H and O–H groups in total. The van der Waals surface area contributed by atoms with Gasteiger partial charge in [0.1, 0.15) is 0 Å². The van der Waals surface area contributed by atoms with E-state index >= 15 is 0 Å². The van der Waals surface area contributed by atoms with E-state index in [1.165, 1.54) is 0 Å². The Kier molecular flexibility index (Phi) is 5.37. The van der Waals surface area contributed by atoms with E-state index < -0.39 is 0 Å². The summed E-state index contributed by atoms with van der Waals surface area (Å²) in [6.07, 6.45) is 0. The number of hydrogen-bond donors (Lipinski definition) is 2. The molecule has 0 heterocycles. The number of nitrogens with one attached hydrogen (secondary N) is 2. The lowest BCUT2D eigenvalue weighted by atomic mass is 10.4. The van der Waals surface area contributed by atoms with Crippen LogP contribution in [0.3, 0.4) is 0 Å². The van der Waals surface area contributed by atoms with Crippen LogP contribution in [-0.2, 0) is 0 Å². The molecular formula is C7H16N4. The van der Waals surface area contributed by atoms with Gasteiger partial charge in [-0.05, 0) is 0 Å². The molecule has 0 bridgehead atoms. The summed E-state index contributed by atoms with van der Waals surface area (Å²) in [5.41, 5.74) is 3.51. The van der Waals surface area contributed by atoms with Crippen LogP contribution in [0, 0.1) is 0 Å². The Balaban J connectivity index is 3.37. The van der Waals surface area contributed by atoms with Crippen molar-refractivity contribution in [2.45, 2.75) is 19.9 Å². The first-order chi connectivity index (χ1) is 5.16. The summed E-state index contributed by atoms with van der Waals surface area (Å²) in [5, 5.41) is 10.3. The monoisotopic (exact) mass is 156 g/mol. The second-order valence-corrected chi connectivity index (χ2v) is 2.55. The zero-order chi connectivity index (χ0) is 8.69. The molecule has 0 aromatic heterocycles. The van der Waals surface area contributed by atoms with Gasteiger partial charge in [0.05, 0.1) is 7.05 Å². The molecule has 0 spiro atoms. The Morgan fingerprint density at radius 1 is 1.55 bits per heavy atom. The van der Waals surface area contributed by atoms with Gasteiger partial charge in [-0.15, -0.1) is 0 Å². The van der Waals surface area contributed by atoms with Crippen LogP contribution in [0.25, 0.3) is 0 Å². The molecular weight excluding hydrogens is 140 g/mol. The van der Waals surface area contributed by atoms with Crippen LogP contribution in [-0.4, -0.2) is 19.6 Å². The van der Waals surface area contributed by atoms with Gasteiger partial charge < -0.3 is 5.32 Å². The van der Waals surface area contributed by atoms with Crippen LogP contribution in [0.15, 0.2) is 22.6 Å². The van der Waals surface area contributed by atoms with E-state index in [0.717, 1.165) is 12.2 Å². The second kappa shape index (κ2) is 5.85. The summed E-state index contributed by atoms with van der Waals surface area (Å²) in [5.74, 6) is 0. The van der Waals surface area contributed by atoms with Gasteiger partial charge in [-0.3, -0.25) is 5.43 Å². The number of rotatable bonds is 5. The van der Waals surface area contributed by atoms with Crippen molar-refractivity contribution >= 4 is 0 Å². The molecule has 0 aliphatic rings. The average Bonchev–Trinajstić information content (AvgIpc) is 1.97. The largest absolute Gasteiger partial charge is 0.309 e. The molecule has 0 aliphatic heterocycles. The highest BCUT2D eigenvalue weighted by Gasteiger charge is 1.93. The molecule has 0 radical (unpaired) electrons. The quantitative estimate of drug-likeness (QED) is 0.462. The fraction of sp³-hybridized carbons (Fsp3) is 0.714. The van der Waals surface area contributed by atoms with E-state index in [2.05, 4.69) is 41.5 Å². The maximum absolute atomic E-state index is 3.74. The molecule has 64 valence electrons. The molecule has 0 saturated carbocycles. The van der Waals surface area contributed by atoms with Crippen molar-refractivity contribution in [1.82, 2.24) is 10.7 Å². The summed E-state index contributed by atoms with van der Waals surface area (Å²) < 4.78 is 0. The van der Waals surface area contributed by atoms with Gasteiger partial charge in [0.15, 0.2) is 0 Å². The molecule has 0 saturated heterocycles. The van der Waals surface area contributed by atoms with E-state index in [1.807, 2.05) is 0 Å². The van der Waals surface area contributed by atoms with Gasteiger partial charge in [0, 0.05) is 18.3 Å². The lowest BCUT2D eigenvalue weighted by molar-refractivity contribution is 0.600. The van der Waals surface area contributed by atoms with Crippen molar-refractivity contribution in [1.29, 1.82) is 0 Å². The Morgan fingerprint density at radius 3 is 2.64 bits per heavy atom. The first kappa shape index (κ1) is 10.1. The molecule has 0 amide bonds. The van der Waals surface area contributed by atoms with Crippen LogP contribution in [0.4, 0.5) is 0 Å². The van der Waals surface area contributed by atoms with Gasteiger partial charge in [0.25, 0.3) is 0 Å². The van der Waals surface area contributed by atoms with Gasteiger partial charge in [-0.25, -0.2) is 0 Å². The van der Waals surface area contributed by atoms with Crippen LogP contribution < -0.4 is 10.7 Å². The summed E-state index contributed by atoms with van der Waals surface area (Å²) in [4.78, 5) is 0. The molecule has 0 aromatic carbocycles. The molecule has 4 heteroatoms. The first-order valence-electron chi connectivity index (χ1n) is 3.62. The van der Waals surface area contributed by atoms with Crippen molar-refractivity contribution in [3.8, 4) is 0 Å². The SMILES string of the molecule is C=C(CNC(C)C)NN=NC. The van der Waals surface area contributed by atoms with Gasteiger partial charge in [-0.1, -0.05) is 25.6 Å². The lowest BCUT2D eigenvalue weighted by Crippen LogP contribution is -2.27. The topological polar surface area (TPSA) is 48.8 Å². The zero-order valence-corrected chi connectivity index (χ0v) is 7.39. The maximum Gasteiger partial charge on any atom is 0.0509 e. The molecule has 0 rings (SSSR count). The van der Waals surface area contributed by atoms with Crippen LogP contribution in [0.2, 0.25) is 0 Å². The minimum absolute atomic E-state index is 0.465. The van der Waals surface area contributed by atoms with Gasteiger partial charge in [-0.2, -0.15) is 5.11 Å². The minimum atomic E-state index is 0.465. The molecule has 0 aromatic rings. The Hall–Kier alpha value is -0.900. The van der Waals surface area contributed by atoms with Crippen LogP contribution >= 0.6 is 0 Å².